The van der Waals surface area contributed by atoms with E-state index in [-0.39, 0.29) is 0 Å². The van der Waals surface area contributed by atoms with Gasteiger partial charge in [0, 0.05) is 19.1 Å². The van der Waals surface area contributed by atoms with Gasteiger partial charge in [-0.2, -0.15) is 0 Å². The predicted octanol–water partition coefficient (Wildman–Crippen LogP) is 4.10. The molecular weight excluding hydrogens is 320 g/mol. The third-order valence-electron chi connectivity index (χ3n) is 4.20. The van der Waals surface area contributed by atoms with E-state index in [1.54, 1.807) is 11.3 Å². The Morgan fingerprint density at radius 2 is 2.26 bits per heavy atom. The average molecular weight is 345 g/mol. The molecule has 1 aliphatic rings. The van der Waals surface area contributed by atoms with E-state index in [4.69, 9.17) is 5.73 Å². The molecule has 1 fully saturated rings. The largest absolute Gasteiger partial charge is 0.327 e. The summed E-state index contributed by atoms with van der Waals surface area (Å²) in [7, 11) is 2.21. The van der Waals surface area contributed by atoms with Gasteiger partial charge in [-0.15, -0.1) is 11.3 Å². The fraction of sp³-hybridized carbons (Fsp3) is 0.733. The van der Waals surface area contributed by atoms with Crippen LogP contribution in [0.5, 0.6) is 0 Å². The molecule has 2 atom stereocenters. The molecule has 1 aliphatic carbocycles. The van der Waals surface area contributed by atoms with Crippen LogP contribution in [0.2, 0.25) is 0 Å². The van der Waals surface area contributed by atoms with E-state index < -0.39 is 0 Å². The number of hydrogen-bond donors (Lipinski definition) is 1. The maximum absolute atomic E-state index is 6.31. The van der Waals surface area contributed by atoms with Crippen LogP contribution in [0.4, 0.5) is 0 Å². The molecule has 0 saturated heterocycles. The molecule has 2 rings (SSSR count). The van der Waals surface area contributed by atoms with Crippen molar-refractivity contribution in [1.82, 2.24) is 4.90 Å². The van der Waals surface area contributed by atoms with Gasteiger partial charge >= 0.3 is 0 Å². The van der Waals surface area contributed by atoms with Crippen molar-refractivity contribution in [2.24, 2.45) is 17.1 Å². The first-order valence-electron chi connectivity index (χ1n) is 7.03. The quantitative estimate of drug-likeness (QED) is 0.890. The van der Waals surface area contributed by atoms with E-state index in [0.29, 0.717) is 17.4 Å². The zero-order valence-electron chi connectivity index (χ0n) is 12.2. The SMILES string of the molecule is CN(Cc1csc(Br)c1)CC1CC(C)(C)CCC1N. The van der Waals surface area contributed by atoms with E-state index in [2.05, 4.69) is 53.2 Å². The second kappa shape index (κ2) is 6.25. The van der Waals surface area contributed by atoms with Gasteiger partial charge in [-0.25, -0.2) is 0 Å². The molecule has 108 valence electrons. The van der Waals surface area contributed by atoms with Gasteiger partial charge in [0.2, 0.25) is 0 Å². The number of thiophene rings is 1. The van der Waals surface area contributed by atoms with E-state index in [1.165, 1.54) is 28.6 Å². The molecule has 19 heavy (non-hydrogen) atoms. The summed E-state index contributed by atoms with van der Waals surface area (Å²) < 4.78 is 1.21. The van der Waals surface area contributed by atoms with Crippen LogP contribution in [-0.4, -0.2) is 24.5 Å². The smallest absolute Gasteiger partial charge is 0.0701 e. The third-order valence-corrected chi connectivity index (χ3v) is 5.75. The van der Waals surface area contributed by atoms with Crippen molar-refractivity contribution in [3.8, 4) is 0 Å². The first-order valence-corrected chi connectivity index (χ1v) is 8.70. The molecular formula is C15H25BrN2S. The molecule has 0 aromatic carbocycles. The highest BCUT2D eigenvalue weighted by Crippen LogP contribution is 2.38. The minimum absolute atomic E-state index is 0.379. The fourth-order valence-electron chi connectivity index (χ4n) is 3.16. The maximum Gasteiger partial charge on any atom is 0.0701 e. The van der Waals surface area contributed by atoms with Crippen LogP contribution in [0.3, 0.4) is 0 Å². The molecule has 1 heterocycles. The van der Waals surface area contributed by atoms with Crippen LogP contribution < -0.4 is 5.73 Å². The van der Waals surface area contributed by atoms with E-state index in [0.717, 1.165) is 13.1 Å². The first-order chi connectivity index (χ1) is 8.85. The van der Waals surface area contributed by atoms with Gasteiger partial charge in [0.25, 0.3) is 0 Å². The van der Waals surface area contributed by atoms with Gasteiger partial charge in [0.1, 0.15) is 0 Å². The Labute approximate surface area is 129 Å². The van der Waals surface area contributed by atoms with Gasteiger partial charge in [0.05, 0.1) is 3.79 Å². The lowest BCUT2D eigenvalue weighted by molar-refractivity contribution is 0.122. The highest BCUT2D eigenvalue weighted by atomic mass is 79.9. The van der Waals surface area contributed by atoms with Crippen LogP contribution in [0.15, 0.2) is 15.2 Å². The second-order valence-corrected chi connectivity index (χ2v) is 9.08. The maximum atomic E-state index is 6.31. The average Bonchev–Trinajstić information content (AvgIpc) is 2.69. The molecule has 4 heteroatoms. The number of rotatable bonds is 4. The highest BCUT2D eigenvalue weighted by Gasteiger charge is 2.33. The molecule has 2 nitrogen and oxygen atoms in total. The minimum atomic E-state index is 0.379. The standard InChI is InChI=1S/C15H25BrN2S/c1-15(2)5-4-13(17)12(7-15)9-18(3)8-11-6-14(16)19-10-11/h6,10,12-13H,4-5,7-9,17H2,1-3H3. The molecule has 0 aliphatic heterocycles. The fourth-order valence-corrected chi connectivity index (χ4v) is 4.36. The Hall–Kier alpha value is 0.1000. The minimum Gasteiger partial charge on any atom is -0.327 e. The van der Waals surface area contributed by atoms with Crippen LogP contribution in [-0.2, 0) is 6.54 Å². The lowest BCUT2D eigenvalue weighted by atomic mass is 9.70. The van der Waals surface area contributed by atoms with Crippen molar-refractivity contribution in [2.75, 3.05) is 13.6 Å². The molecule has 0 spiro atoms. The van der Waals surface area contributed by atoms with Crippen LogP contribution in [0.25, 0.3) is 0 Å². The summed E-state index contributed by atoms with van der Waals surface area (Å²) in [5.41, 5.74) is 8.17. The van der Waals surface area contributed by atoms with Gasteiger partial charge in [0.15, 0.2) is 0 Å². The van der Waals surface area contributed by atoms with Crippen molar-refractivity contribution in [3.63, 3.8) is 0 Å². The zero-order valence-corrected chi connectivity index (χ0v) is 14.6. The van der Waals surface area contributed by atoms with Crippen LogP contribution >= 0.6 is 27.3 Å². The summed E-state index contributed by atoms with van der Waals surface area (Å²) in [5, 5.41) is 2.23. The molecule has 1 saturated carbocycles. The summed E-state index contributed by atoms with van der Waals surface area (Å²) in [6, 6.07) is 2.59. The number of nitrogens with two attached hydrogens (primary N) is 1. The normalized spacial score (nSPS) is 26.8. The summed E-state index contributed by atoms with van der Waals surface area (Å²) in [5.74, 6) is 0.635. The number of nitrogens with zero attached hydrogens (tertiary/aromatic N) is 1. The van der Waals surface area contributed by atoms with Crippen molar-refractivity contribution in [1.29, 1.82) is 0 Å². The van der Waals surface area contributed by atoms with E-state index in [1.807, 2.05) is 0 Å². The monoisotopic (exact) mass is 344 g/mol. The Morgan fingerprint density at radius 1 is 1.53 bits per heavy atom. The van der Waals surface area contributed by atoms with Crippen LogP contribution in [0.1, 0.15) is 38.7 Å². The van der Waals surface area contributed by atoms with Gasteiger partial charge in [-0.1, -0.05) is 13.8 Å². The first kappa shape index (κ1) is 15.5. The number of hydrogen-bond acceptors (Lipinski definition) is 3. The Balaban J connectivity index is 1.88. The second-order valence-electron chi connectivity index (χ2n) is 6.79. The molecule has 0 radical (unpaired) electrons. The topological polar surface area (TPSA) is 29.3 Å². The Bertz CT molecular complexity index is 416. The van der Waals surface area contributed by atoms with Gasteiger partial charge in [-0.05, 0) is 70.6 Å². The van der Waals surface area contributed by atoms with Crippen molar-refractivity contribution in [2.45, 2.75) is 45.7 Å². The van der Waals surface area contributed by atoms with Gasteiger partial charge in [-0.3, -0.25) is 0 Å². The van der Waals surface area contributed by atoms with Gasteiger partial charge < -0.3 is 10.6 Å². The zero-order chi connectivity index (χ0) is 14.0. The summed E-state index contributed by atoms with van der Waals surface area (Å²) in [6.45, 7) is 6.88. The lowest BCUT2D eigenvalue weighted by Gasteiger charge is -2.40. The summed E-state index contributed by atoms with van der Waals surface area (Å²) in [4.78, 5) is 2.42. The molecule has 1 aromatic heterocycles. The van der Waals surface area contributed by atoms with Crippen molar-refractivity contribution in [3.05, 3.63) is 20.8 Å². The van der Waals surface area contributed by atoms with E-state index >= 15 is 0 Å². The Kier molecular flexibility index (Phi) is 5.09. The van der Waals surface area contributed by atoms with E-state index in [9.17, 15) is 0 Å². The highest BCUT2D eigenvalue weighted by molar-refractivity contribution is 9.11. The number of halogens is 1. The summed E-state index contributed by atoms with van der Waals surface area (Å²) >= 11 is 5.28. The lowest BCUT2D eigenvalue weighted by Crippen LogP contribution is -2.44. The van der Waals surface area contributed by atoms with Crippen molar-refractivity contribution >= 4 is 27.3 Å². The molecule has 2 unspecified atom stereocenters. The Morgan fingerprint density at radius 3 is 2.89 bits per heavy atom. The molecule has 0 amide bonds. The predicted molar refractivity (Wildman–Crippen MR) is 87.5 cm³/mol. The molecule has 1 aromatic rings. The van der Waals surface area contributed by atoms with Crippen molar-refractivity contribution < 1.29 is 0 Å². The summed E-state index contributed by atoms with van der Waals surface area (Å²) in [6.07, 6.45) is 3.70. The molecule has 2 N–H and O–H groups in total. The molecule has 0 bridgehead atoms. The van der Waals surface area contributed by atoms with Crippen LogP contribution in [0, 0.1) is 11.3 Å². The third kappa shape index (κ3) is 4.55.